The summed E-state index contributed by atoms with van der Waals surface area (Å²) in [7, 11) is -4.39. The van der Waals surface area contributed by atoms with Crippen molar-refractivity contribution in [3.8, 4) is 0 Å². The third-order valence-electron chi connectivity index (χ3n) is 10.3. The van der Waals surface area contributed by atoms with Gasteiger partial charge in [-0.3, -0.25) is 18.6 Å². The zero-order chi connectivity index (χ0) is 46.0. The van der Waals surface area contributed by atoms with Crippen molar-refractivity contribution in [2.45, 2.75) is 213 Å². The lowest BCUT2D eigenvalue weighted by Crippen LogP contribution is -2.29. The average Bonchev–Trinajstić information content (AvgIpc) is 3.27. The Morgan fingerprint density at radius 1 is 0.476 bits per heavy atom. The predicted molar refractivity (Wildman–Crippen MR) is 265 cm³/mol. The third kappa shape index (κ3) is 48.5. The number of nitrogens with two attached hydrogens (primary N) is 1. The fourth-order valence-corrected chi connectivity index (χ4v) is 7.41. The fourth-order valence-electron chi connectivity index (χ4n) is 6.64. The molecule has 2 unspecified atom stereocenters. The minimum atomic E-state index is -4.39. The predicted octanol–water partition coefficient (Wildman–Crippen LogP) is 15.2. The second kappa shape index (κ2) is 48.6. The molecule has 0 aromatic rings. The van der Waals surface area contributed by atoms with E-state index < -0.39 is 32.5 Å². The number of hydrogen-bond acceptors (Lipinski definition) is 8. The molecule has 0 rings (SSSR count). The molecule has 3 N–H and O–H groups in total. The number of esters is 2. The Bertz CT molecular complexity index is 1300. The van der Waals surface area contributed by atoms with Crippen molar-refractivity contribution in [3.63, 3.8) is 0 Å². The first-order valence-corrected chi connectivity index (χ1v) is 26.6. The van der Waals surface area contributed by atoms with E-state index in [0.717, 1.165) is 83.5 Å². The number of allylic oxidation sites excluding steroid dienone is 14. The van der Waals surface area contributed by atoms with Gasteiger partial charge in [-0.25, -0.2) is 4.57 Å². The number of carbonyl (C=O) groups is 2. The summed E-state index contributed by atoms with van der Waals surface area (Å²) in [5.41, 5.74) is 5.36. The first-order chi connectivity index (χ1) is 30.8. The van der Waals surface area contributed by atoms with Crippen LogP contribution >= 0.6 is 7.82 Å². The number of phosphoric ester groups is 1. The summed E-state index contributed by atoms with van der Waals surface area (Å²) in [5.74, 6) is -0.865. The van der Waals surface area contributed by atoms with Crippen LogP contribution in [0.5, 0.6) is 0 Å². The zero-order valence-corrected chi connectivity index (χ0v) is 40.9. The minimum Gasteiger partial charge on any atom is -0.462 e. The SMILES string of the molecule is CC/C=C\C/C=C\C/C=C\C/C=C\CCCCCCCCCCCCCCCCCCC(=O)OC(COC(=O)CCCCC/C=C\C/C=C\C/C=C\CC)COP(=O)(O)OCCN. The minimum absolute atomic E-state index is 0.0463. The van der Waals surface area contributed by atoms with Crippen LogP contribution in [0.2, 0.25) is 0 Å². The van der Waals surface area contributed by atoms with Crippen molar-refractivity contribution in [1.82, 2.24) is 0 Å². The molecule has 0 aliphatic rings. The van der Waals surface area contributed by atoms with Crippen molar-refractivity contribution in [2.24, 2.45) is 5.73 Å². The quantitative estimate of drug-likeness (QED) is 0.0265. The molecular weight excluding hydrogens is 810 g/mol. The molecule has 362 valence electrons. The molecule has 0 fully saturated rings. The standard InChI is InChI=1S/C53H92NO8P/c1-3-5-7-9-11-13-15-17-18-19-20-21-22-23-24-25-26-27-28-29-30-31-32-34-36-38-40-42-44-46-53(56)62-51(50-61-63(57,58)60-48-47-54)49-59-52(55)45-43-41-39-37-35-33-16-14-12-10-8-6-4-2/h5-8,11-14,17-18,20-21,33,35,51H,3-4,9-10,15-16,19,22-32,34,36-50,54H2,1-2H3,(H,57,58)/b7-5-,8-6-,13-11-,14-12-,18-17-,21-20-,35-33-. The summed E-state index contributed by atoms with van der Waals surface area (Å²) in [6, 6.07) is 0. The normalized spacial score (nSPS) is 13.9. The molecule has 0 radical (unpaired) electrons. The van der Waals surface area contributed by atoms with Gasteiger partial charge >= 0.3 is 19.8 Å². The van der Waals surface area contributed by atoms with E-state index in [1.807, 2.05) is 0 Å². The molecule has 0 amide bonds. The van der Waals surface area contributed by atoms with Gasteiger partial charge in [0, 0.05) is 19.4 Å². The van der Waals surface area contributed by atoms with Crippen molar-refractivity contribution >= 4 is 19.8 Å². The molecule has 0 aromatic carbocycles. The van der Waals surface area contributed by atoms with E-state index in [2.05, 4.69) is 98.9 Å². The summed E-state index contributed by atoms with van der Waals surface area (Å²) in [6.07, 6.45) is 62.1. The molecular formula is C53H92NO8P. The summed E-state index contributed by atoms with van der Waals surface area (Å²) in [5, 5.41) is 0. The van der Waals surface area contributed by atoms with Gasteiger partial charge < -0.3 is 20.1 Å². The Kier molecular flexibility index (Phi) is 46.5. The maximum absolute atomic E-state index is 12.6. The first kappa shape index (κ1) is 60.2. The van der Waals surface area contributed by atoms with Crippen LogP contribution in [0.1, 0.15) is 206 Å². The van der Waals surface area contributed by atoms with Gasteiger partial charge in [-0.2, -0.15) is 0 Å². The van der Waals surface area contributed by atoms with Gasteiger partial charge in [0.1, 0.15) is 6.61 Å². The molecule has 63 heavy (non-hydrogen) atoms. The average molecular weight is 902 g/mol. The van der Waals surface area contributed by atoms with Gasteiger partial charge in [-0.15, -0.1) is 0 Å². The van der Waals surface area contributed by atoms with Gasteiger partial charge in [0.05, 0.1) is 13.2 Å². The molecule has 9 nitrogen and oxygen atoms in total. The fraction of sp³-hybridized carbons (Fsp3) is 0.698. The maximum atomic E-state index is 12.6. The van der Waals surface area contributed by atoms with E-state index >= 15 is 0 Å². The zero-order valence-electron chi connectivity index (χ0n) is 40.0. The lowest BCUT2D eigenvalue weighted by Gasteiger charge is -2.19. The molecule has 0 heterocycles. The largest absolute Gasteiger partial charge is 0.472 e. The van der Waals surface area contributed by atoms with Crippen LogP contribution in [-0.2, 0) is 32.7 Å². The van der Waals surface area contributed by atoms with E-state index in [1.54, 1.807) is 0 Å². The second-order valence-electron chi connectivity index (χ2n) is 16.3. The lowest BCUT2D eigenvalue weighted by molar-refractivity contribution is -0.161. The molecule has 10 heteroatoms. The number of unbranched alkanes of at least 4 members (excludes halogenated alkanes) is 19. The number of carbonyl (C=O) groups excluding carboxylic acids is 2. The summed E-state index contributed by atoms with van der Waals surface area (Å²) in [6.45, 7) is 3.47. The van der Waals surface area contributed by atoms with Gasteiger partial charge in [0.15, 0.2) is 6.10 Å². The highest BCUT2D eigenvalue weighted by Crippen LogP contribution is 2.43. The Morgan fingerprint density at radius 3 is 1.24 bits per heavy atom. The van der Waals surface area contributed by atoms with Gasteiger partial charge in [-0.05, 0) is 83.5 Å². The number of hydrogen-bond donors (Lipinski definition) is 2. The molecule has 0 spiro atoms. The number of rotatable bonds is 46. The van der Waals surface area contributed by atoms with Crippen molar-refractivity contribution in [1.29, 1.82) is 0 Å². The highest BCUT2D eigenvalue weighted by atomic mass is 31.2. The smallest absolute Gasteiger partial charge is 0.462 e. The van der Waals surface area contributed by atoms with Gasteiger partial charge in [0.25, 0.3) is 0 Å². The molecule has 0 aromatic heterocycles. The van der Waals surface area contributed by atoms with E-state index in [9.17, 15) is 19.0 Å². The van der Waals surface area contributed by atoms with E-state index in [1.165, 1.54) is 83.5 Å². The molecule has 0 aliphatic carbocycles. The van der Waals surface area contributed by atoms with Crippen molar-refractivity contribution in [2.75, 3.05) is 26.4 Å². The van der Waals surface area contributed by atoms with Crippen molar-refractivity contribution < 1.29 is 37.6 Å². The summed E-state index contributed by atoms with van der Waals surface area (Å²) in [4.78, 5) is 35.0. The maximum Gasteiger partial charge on any atom is 0.472 e. The highest BCUT2D eigenvalue weighted by Gasteiger charge is 2.26. The molecule has 0 saturated carbocycles. The van der Waals surface area contributed by atoms with Gasteiger partial charge in [-0.1, -0.05) is 195 Å². The van der Waals surface area contributed by atoms with Crippen LogP contribution in [-0.4, -0.2) is 49.3 Å². The molecule has 0 bridgehead atoms. The molecule has 0 saturated heterocycles. The van der Waals surface area contributed by atoms with Gasteiger partial charge in [0.2, 0.25) is 0 Å². The van der Waals surface area contributed by atoms with Crippen molar-refractivity contribution in [3.05, 3.63) is 85.1 Å². The second-order valence-corrected chi connectivity index (χ2v) is 17.7. The third-order valence-corrected chi connectivity index (χ3v) is 11.3. The lowest BCUT2D eigenvalue weighted by atomic mass is 10.0. The van der Waals surface area contributed by atoms with Crippen LogP contribution in [0.3, 0.4) is 0 Å². The van der Waals surface area contributed by atoms with E-state index in [0.29, 0.717) is 12.8 Å². The topological polar surface area (TPSA) is 134 Å². The molecule has 0 aliphatic heterocycles. The summed E-state index contributed by atoms with van der Waals surface area (Å²) < 4.78 is 32.8. The van der Waals surface area contributed by atoms with E-state index in [4.69, 9.17) is 24.3 Å². The Balaban J connectivity index is 3.98. The first-order valence-electron chi connectivity index (χ1n) is 25.1. The Labute approximate surface area is 385 Å². The summed E-state index contributed by atoms with van der Waals surface area (Å²) >= 11 is 0. The highest BCUT2D eigenvalue weighted by molar-refractivity contribution is 7.47. The van der Waals surface area contributed by atoms with Crippen LogP contribution in [0.4, 0.5) is 0 Å². The molecule has 2 atom stereocenters. The Morgan fingerprint density at radius 2 is 0.825 bits per heavy atom. The Hall–Kier alpha value is -2.81. The monoisotopic (exact) mass is 902 g/mol. The number of ether oxygens (including phenoxy) is 2. The van der Waals surface area contributed by atoms with Crippen LogP contribution < -0.4 is 5.73 Å². The van der Waals surface area contributed by atoms with Crippen LogP contribution in [0, 0.1) is 0 Å². The van der Waals surface area contributed by atoms with E-state index in [-0.39, 0.29) is 32.6 Å². The van der Waals surface area contributed by atoms with Crippen LogP contribution in [0.25, 0.3) is 0 Å². The number of phosphoric acid groups is 1. The van der Waals surface area contributed by atoms with Crippen LogP contribution in [0.15, 0.2) is 85.1 Å².